The molecule has 0 bridgehead atoms. The molecule has 3 aromatic carbocycles. The molecule has 0 saturated carbocycles. The molecule has 4 rings (SSSR count). The van der Waals surface area contributed by atoms with Gasteiger partial charge in [0, 0.05) is 37.0 Å². The van der Waals surface area contributed by atoms with Gasteiger partial charge in [0.05, 0.1) is 0 Å². The van der Waals surface area contributed by atoms with E-state index in [1.807, 2.05) is 36.5 Å². The third-order valence-electron chi connectivity index (χ3n) is 4.82. The zero-order chi connectivity index (χ0) is 19.0. The molecule has 0 fully saturated rings. The molecule has 0 aliphatic rings. The molecule has 0 atom stereocenters. The maximum atomic E-state index is 6.19. The largest absolute Gasteiger partial charge is 0.489 e. The first kappa shape index (κ1) is 18.2. The fourth-order valence-electron chi connectivity index (χ4n) is 3.34. The molecule has 0 saturated heterocycles. The lowest BCUT2D eigenvalue weighted by Crippen LogP contribution is -2.18. The lowest BCUT2D eigenvalue weighted by atomic mass is 10.0. The molecule has 3 heteroatoms. The van der Waals surface area contributed by atoms with Crippen molar-refractivity contribution in [2.24, 2.45) is 0 Å². The van der Waals surface area contributed by atoms with Crippen molar-refractivity contribution in [1.82, 2.24) is 10.3 Å². The van der Waals surface area contributed by atoms with Gasteiger partial charge < -0.3 is 10.1 Å². The van der Waals surface area contributed by atoms with Crippen LogP contribution in [0.1, 0.15) is 16.8 Å². The second-order valence-corrected chi connectivity index (χ2v) is 6.79. The van der Waals surface area contributed by atoms with Crippen LogP contribution in [0.5, 0.6) is 5.75 Å². The molecule has 0 radical (unpaired) electrons. The van der Waals surface area contributed by atoms with E-state index in [0.717, 1.165) is 31.0 Å². The van der Waals surface area contributed by atoms with Crippen molar-refractivity contribution in [3.05, 3.63) is 108 Å². The van der Waals surface area contributed by atoms with Crippen LogP contribution in [-0.2, 0) is 19.6 Å². The SMILES string of the molecule is c1ccc(COc2ccc3ccccc3c2CNCCc2ccccn2)cc1. The summed E-state index contributed by atoms with van der Waals surface area (Å²) in [6.07, 6.45) is 2.75. The van der Waals surface area contributed by atoms with E-state index >= 15 is 0 Å². The monoisotopic (exact) mass is 368 g/mol. The molecular formula is C25H24N2O. The van der Waals surface area contributed by atoms with Crippen molar-refractivity contribution in [2.75, 3.05) is 6.54 Å². The molecule has 1 heterocycles. The molecule has 3 nitrogen and oxygen atoms in total. The van der Waals surface area contributed by atoms with Gasteiger partial charge in [-0.1, -0.05) is 66.7 Å². The van der Waals surface area contributed by atoms with E-state index in [-0.39, 0.29) is 0 Å². The van der Waals surface area contributed by atoms with Crippen molar-refractivity contribution in [1.29, 1.82) is 0 Å². The summed E-state index contributed by atoms with van der Waals surface area (Å²) < 4.78 is 6.19. The summed E-state index contributed by atoms with van der Waals surface area (Å²) in [5.41, 5.74) is 3.48. The Morgan fingerprint density at radius 2 is 1.61 bits per heavy atom. The highest BCUT2D eigenvalue weighted by molar-refractivity contribution is 5.87. The quantitative estimate of drug-likeness (QED) is 0.437. The normalized spacial score (nSPS) is 10.9. The number of aromatic nitrogens is 1. The van der Waals surface area contributed by atoms with Gasteiger partial charge in [-0.2, -0.15) is 0 Å². The second-order valence-electron chi connectivity index (χ2n) is 6.79. The number of benzene rings is 3. The Morgan fingerprint density at radius 3 is 2.46 bits per heavy atom. The lowest BCUT2D eigenvalue weighted by Gasteiger charge is -2.15. The predicted molar refractivity (Wildman–Crippen MR) is 114 cm³/mol. The zero-order valence-electron chi connectivity index (χ0n) is 15.8. The molecule has 28 heavy (non-hydrogen) atoms. The molecule has 0 aliphatic carbocycles. The van der Waals surface area contributed by atoms with Crippen LogP contribution >= 0.6 is 0 Å². The molecule has 1 aromatic heterocycles. The van der Waals surface area contributed by atoms with Gasteiger partial charge >= 0.3 is 0 Å². The average Bonchev–Trinajstić information content (AvgIpc) is 2.77. The minimum Gasteiger partial charge on any atom is -0.489 e. The molecular weight excluding hydrogens is 344 g/mol. The van der Waals surface area contributed by atoms with Crippen LogP contribution in [0, 0.1) is 0 Å². The third kappa shape index (κ3) is 4.56. The molecule has 0 unspecified atom stereocenters. The molecule has 0 spiro atoms. The fourth-order valence-corrected chi connectivity index (χ4v) is 3.34. The van der Waals surface area contributed by atoms with Gasteiger partial charge in [-0.05, 0) is 34.5 Å². The number of ether oxygens (including phenoxy) is 1. The van der Waals surface area contributed by atoms with Crippen molar-refractivity contribution in [3.8, 4) is 5.75 Å². The summed E-state index contributed by atoms with van der Waals surface area (Å²) in [6.45, 7) is 2.21. The Labute approximate surface area is 166 Å². The number of hydrogen-bond donors (Lipinski definition) is 1. The van der Waals surface area contributed by atoms with Crippen LogP contribution in [0.25, 0.3) is 10.8 Å². The first-order chi connectivity index (χ1) is 13.9. The van der Waals surface area contributed by atoms with E-state index in [4.69, 9.17) is 4.74 Å². The molecule has 0 amide bonds. The van der Waals surface area contributed by atoms with Gasteiger partial charge in [0.25, 0.3) is 0 Å². The maximum Gasteiger partial charge on any atom is 0.124 e. The number of pyridine rings is 1. The highest BCUT2D eigenvalue weighted by Gasteiger charge is 2.09. The van der Waals surface area contributed by atoms with Crippen molar-refractivity contribution in [3.63, 3.8) is 0 Å². The molecule has 1 N–H and O–H groups in total. The van der Waals surface area contributed by atoms with Crippen LogP contribution in [0.15, 0.2) is 91.1 Å². The fraction of sp³-hybridized carbons (Fsp3) is 0.160. The highest BCUT2D eigenvalue weighted by atomic mass is 16.5. The van der Waals surface area contributed by atoms with Gasteiger partial charge in [-0.25, -0.2) is 0 Å². The Hall–Kier alpha value is -3.17. The minimum atomic E-state index is 0.570. The van der Waals surface area contributed by atoms with E-state index in [0.29, 0.717) is 6.61 Å². The Bertz CT molecular complexity index is 1020. The summed E-state index contributed by atoms with van der Waals surface area (Å²) in [7, 11) is 0. The first-order valence-electron chi connectivity index (χ1n) is 9.68. The van der Waals surface area contributed by atoms with Crippen molar-refractivity contribution >= 4 is 10.8 Å². The smallest absolute Gasteiger partial charge is 0.124 e. The first-order valence-corrected chi connectivity index (χ1v) is 9.68. The van der Waals surface area contributed by atoms with Crippen molar-refractivity contribution in [2.45, 2.75) is 19.6 Å². The number of nitrogens with one attached hydrogen (secondary N) is 1. The molecule has 0 aliphatic heterocycles. The molecule has 140 valence electrons. The minimum absolute atomic E-state index is 0.570. The molecule has 4 aromatic rings. The van der Waals surface area contributed by atoms with E-state index in [9.17, 15) is 0 Å². The topological polar surface area (TPSA) is 34.1 Å². The third-order valence-corrected chi connectivity index (χ3v) is 4.82. The second kappa shape index (κ2) is 9.16. The standard InChI is InChI=1S/C25H24N2O/c1-2-8-20(9-3-1)19-28-25-14-13-21-10-4-5-12-23(21)24(25)18-26-17-15-22-11-6-7-16-27-22/h1-14,16,26H,15,17-19H2. The van der Waals surface area contributed by atoms with Gasteiger partial charge in [-0.3, -0.25) is 4.98 Å². The number of hydrogen-bond acceptors (Lipinski definition) is 3. The van der Waals surface area contributed by atoms with E-state index in [2.05, 4.69) is 64.9 Å². The van der Waals surface area contributed by atoms with Crippen molar-refractivity contribution < 1.29 is 4.74 Å². The van der Waals surface area contributed by atoms with Crippen LogP contribution in [0.3, 0.4) is 0 Å². The number of nitrogens with zero attached hydrogens (tertiary/aromatic N) is 1. The summed E-state index contributed by atoms with van der Waals surface area (Å²) >= 11 is 0. The number of fused-ring (bicyclic) bond motifs is 1. The summed E-state index contributed by atoms with van der Waals surface area (Å²) in [6, 6.07) is 29.0. The summed E-state index contributed by atoms with van der Waals surface area (Å²) in [5, 5.41) is 6.03. The van der Waals surface area contributed by atoms with E-state index in [1.54, 1.807) is 0 Å². The highest BCUT2D eigenvalue weighted by Crippen LogP contribution is 2.28. The number of rotatable bonds is 8. The van der Waals surface area contributed by atoms with Gasteiger partial charge in [-0.15, -0.1) is 0 Å². The zero-order valence-corrected chi connectivity index (χ0v) is 15.8. The Balaban J connectivity index is 1.48. The van der Waals surface area contributed by atoms with Gasteiger partial charge in [0.15, 0.2) is 0 Å². The maximum absolute atomic E-state index is 6.19. The van der Waals surface area contributed by atoms with Gasteiger partial charge in [0.2, 0.25) is 0 Å². The van der Waals surface area contributed by atoms with Crippen LogP contribution in [0.4, 0.5) is 0 Å². The Morgan fingerprint density at radius 1 is 0.786 bits per heavy atom. The van der Waals surface area contributed by atoms with Crippen LogP contribution in [0.2, 0.25) is 0 Å². The lowest BCUT2D eigenvalue weighted by molar-refractivity contribution is 0.303. The summed E-state index contributed by atoms with van der Waals surface area (Å²) in [4.78, 5) is 4.39. The van der Waals surface area contributed by atoms with Gasteiger partial charge in [0.1, 0.15) is 12.4 Å². The predicted octanol–water partition coefficient (Wildman–Crippen LogP) is 5.15. The van der Waals surface area contributed by atoms with E-state index < -0.39 is 0 Å². The summed E-state index contributed by atoms with van der Waals surface area (Å²) in [5.74, 6) is 0.938. The Kier molecular flexibility index (Phi) is 5.95. The average molecular weight is 368 g/mol. The van der Waals surface area contributed by atoms with E-state index in [1.165, 1.54) is 21.9 Å². The van der Waals surface area contributed by atoms with Crippen LogP contribution in [-0.4, -0.2) is 11.5 Å². The van der Waals surface area contributed by atoms with Crippen LogP contribution < -0.4 is 10.1 Å².